The van der Waals surface area contributed by atoms with Gasteiger partial charge in [-0.25, -0.2) is 0 Å². The highest BCUT2D eigenvalue weighted by Crippen LogP contribution is 2.38. The van der Waals surface area contributed by atoms with Crippen LogP contribution in [0.15, 0.2) is 132 Å². The molecule has 9 rings (SSSR count). The number of fused-ring (bicyclic) bond motifs is 2. The second-order valence-electron chi connectivity index (χ2n) is 15.2. The highest BCUT2D eigenvalue weighted by Gasteiger charge is 2.25. The topological polar surface area (TPSA) is 0 Å². The third-order valence-electron chi connectivity index (χ3n) is 11.0. The van der Waals surface area contributed by atoms with Crippen LogP contribution in [-0.2, 0) is 6.42 Å². The maximum absolute atomic E-state index is 2.38. The minimum atomic E-state index is 0.991. The molecule has 0 aliphatic heterocycles. The van der Waals surface area contributed by atoms with Gasteiger partial charge in [-0.15, -0.1) is 0 Å². The minimum Gasteiger partial charge on any atom is -0.152 e. The molecule has 4 aromatic rings. The molecule has 2 bridgehead atoms. The Balaban J connectivity index is 0.000000141. The molecule has 0 N–H and O–H groups in total. The van der Waals surface area contributed by atoms with Crippen LogP contribution >= 0.6 is 11.3 Å². The molecule has 0 radical (unpaired) electrons. The summed E-state index contributed by atoms with van der Waals surface area (Å²) in [7, 11) is 0. The van der Waals surface area contributed by atoms with E-state index in [1.807, 2.05) is 59.3 Å². The van der Waals surface area contributed by atoms with Gasteiger partial charge in [-0.2, -0.15) is 11.3 Å². The van der Waals surface area contributed by atoms with E-state index in [2.05, 4.69) is 72.8 Å². The molecule has 0 nitrogen and oxygen atoms in total. The van der Waals surface area contributed by atoms with E-state index < -0.39 is 0 Å². The van der Waals surface area contributed by atoms with E-state index >= 15 is 0 Å². The van der Waals surface area contributed by atoms with E-state index in [1.165, 1.54) is 107 Å². The molecule has 2 atom stereocenters. The van der Waals surface area contributed by atoms with Crippen LogP contribution in [0.5, 0.6) is 0 Å². The molecule has 1 aromatic heterocycles. The van der Waals surface area contributed by atoms with Gasteiger partial charge in [-0.05, 0) is 77.7 Å². The van der Waals surface area contributed by atoms with Gasteiger partial charge in [0.15, 0.2) is 0 Å². The molecule has 50 heavy (non-hydrogen) atoms. The van der Waals surface area contributed by atoms with Crippen molar-refractivity contribution in [2.24, 2.45) is 23.7 Å². The van der Waals surface area contributed by atoms with Crippen molar-refractivity contribution in [3.05, 3.63) is 143 Å². The molecule has 0 spiro atoms. The number of thiophene rings is 1. The molecule has 4 fully saturated rings. The monoisotopic (exact) mass is 689 g/mol. The molecule has 1 heteroatoms. The van der Waals surface area contributed by atoms with Gasteiger partial charge in [0, 0.05) is 0 Å². The van der Waals surface area contributed by atoms with E-state index in [0.717, 1.165) is 30.1 Å². The third-order valence-corrected chi connectivity index (χ3v) is 11.6. The Bertz CT molecular complexity index is 1160. The predicted octanol–water partition coefficient (Wildman–Crippen LogP) is 15.6. The Morgan fingerprint density at radius 3 is 1.00 bits per heavy atom. The molecule has 2 unspecified atom stereocenters. The Morgan fingerprint density at radius 1 is 0.380 bits per heavy atom. The van der Waals surface area contributed by atoms with E-state index in [4.69, 9.17) is 0 Å². The van der Waals surface area contributed by atoms with Gasteiger partial charge < -0.3 is 0 Å². The lowest BCUT2D eigenvalue weighted by Gasteiger charge is -2.28. The first-order valence-electron chi connectivity index (χ1n) is 20.6. The molecule has 3 aromatic carbocycles. The van der Waals surface area contributed by atoms with Crippen LogP contribution < -0.4 is 0 Å². The first kappa shape index (κ1) is 39.9. The molecule has 0 saturated heterocycles. The molecule has 4 saturated carbocycles. The van der Waals surface area contributed by atoms with Crippen molar-refractivity contribution >= 4 is 11.3 Å². The SMILES string of the molecule is C1=CC2CCC1C2.C1CCC(CC2CCCCC2)CC1.C1CCCCC1.c1ccc(Cc2ccccc2)cc1.c1ccccc1.c1ccsc1. The van der Waals surface area contributed by atoms with Crippen LogP contribution in [0, 0.1) is 23.7 Å². The highest BCUT2D eigenvalue weighted by molar-refractivity contribution is 7.07. The van der Waals surface area contributed by atoms with Crippen molar-refractivity contribution in [3.63, 3.8) is 0 Å². The van der Waals surface area contributed by atoms with Crippen LogP contribution in [-0.4, -0.2) is 0 Å². The zero-order chi connectivity index (χ0) is 34.6. The van der Waals surface area contributed by atoms with Crippen molar-refractivity contribution in [2.45, 2.75) is 135 Å². The number of allylic oxidation sites excluding steroid dienone is 2. The maximum atomic E-state index is 2.38. The Hall–Kier alpha value is -2.90. The van der Waals surface area contributed by atoms with Gasteiger partial charge in [-0.3, -0.25) is 0 Å². The average Bonchev–Trinajstić information content (AvgIpc) is 4.03. The van der Waals surface area contributed by atoms with E-state index in [9.17, 15) is 0 Å². The Labute approximate surface area is 311 Å². The van der Waals surface area contributed by atoms with Crippen LogP contribution in [0.3, 0.4) is 0 Å². The van der Waals surface area contributed by atoms with Crippen LogP contribution in [0.25, 0.3) is 0 Å². The van der Waals surface area contributed by atoms with Crippen molar-refractivity contribution in [2.75, 3.05) is 0 Å². The molecule has 0 amide bonds. The number of hydrogen-bond acceptors (Lipinski definition) is 1. The van der Waals surface area contributed by atoms with E-state index in [-0.39, 0.29) is 0 Å². The predicted molar refractivity (Wildman–Crippen MR) is 222 cm³/mol. The molecule has 270 valence electrons. The minimum absolute atomic E-state index is 0.991. The largest absolute Gasteiger partial charge is 0.152 e. The first-order valence-corrected chi connectivity index (χ1v) is 21.5. The summed E-state index contributed by atoms with van der Waals surface area (Å²) < 4.78 is 0. The van der Waals surface area contributed by atoms with Crippen LogP contribution in [0.1, 0.15) is 140 Å². The second-order valence-corrected chi connectivity index (χ2v) is 16.0. The summed E-state index contributed by atoms with van der Waals surface area (Å²) >= 11 is 1.71. The number of rotatable bonds is 4. The van der Waals surface area contributed by atoms with Gasteiger partial charge in [0.25, 0.3) is 0 Å². The second kappa shape index (κ2) is 26.8. The average molecular weight is 689 g/mol. The Morgan fingerprint density at radius 2 is 0.720 bits per heavy atom. The normalized spacial score (nSPS) is 20.8. The maximum Gasteiger partial charge on any atom is -0.00258 e. The third kappa shape index (κ3) is 18.9. The first-order chi connectivity index (χ1) is 24.8. The standard InChI is InChI=1S/C13H24.C13H12.C7H10.C6H12.C6H6.C4H4S/c2*1-3-7-12(8-4-1)11-13-9-5-2-6-10-13;1-2-7-4-3-6(1)5-7;2*1-2-4-6-5-3-1;1-2-4-5-3-1/h12-13H,1-11H2;1-10H,11H2;1-2,6-7H,3-5H2;1-6H2;1-6H;1-4H. The molecule has 5 aliphatic rings. The molecule has 1 heterocycles. The molecular weight excluding hydrogens is 621 g/mol. The smallest absolute Gasteiger partial charge is 0.00258 e. The zero-order valence-corrected chi connectivity index (χ0v) is 32.1. The van der Waals surface area contributed by atoms with Crippen LogP contribution in [0.2, 0.25) is 0 Å². The lowest BCUT2D eigenvalue weighted by Crippen LogP contribution is -2.14. The highest BCUT2D eigenvalue weighted by atomic mass is 32.1. The lowest BCUT2D eigenvalue weighted by atomic mass is 9.78. The van der Waals surface area contributed by atoms with Crippen molar-refractivity contribution < 1.29 is 0 Å². The zero-order valence-electron chi connectivity index (χ0n) is 31.3. The van der Waals surface area contributed by atoms with Crippen molar-refractivity contribution in [1.82, 2.24) is 0 Å². The van der Waals surface area contributed by atoms with E-state index in [1.54, 1.807) is 43.4 Å². The molecular formula is C49H68S. The lowest BCUT2D eigenvalue weighted by molar-refractivity contribution is 0.244. The summed E-state index contributed by atoms with van der Waals surface area (Å²) in [4.78, 5) is 0. The fourth-order valence-corrected chi connectivity index (χ4v) is 8.59. The summed E-state index contributed by atoms with van der Waals surface area (Å²) in [6.07, 6.45) is 36.1. The number of hydrogen-bond donors (Lipinski definition) is 0. The van der Waals surface area contributed by atoms with Crippen molar-refractivity contribution in [3.8, 4) is 0 Å². The van der Waals surface area contributed by atoms with Gasteiger partial charge >= 0.3 is 0 Å². The molecule has 5 aliphatic carbocycles. The van der Waals surface area contributed by atoms with Crippen molar-refractivity contribution in [1.29, 1.82) is 0 Å². The van der Waals surface area contributed by atoms with Crippen LogP contribution in [0.4, 0.5) is 0 Å². The fourth-order valence-electron chi connectivity index (χ4n) is 8.13. The Kier molecular flexibility index (Phi) is 21.4. The summed E-state index contributed by atoms with van der Waals surface area (Å²) in [6, 6.07) is 37.1. The summed E-state index contributed by atoms with van der Waals surface area (Å²) in [5.41, 5.74) is 2.74. The van der Waals surface area contributed by atoms with Gasteiger partial charge in [-0.1, -0.05) is 224 Å². The quantitative estimate of drug-likeness (QED) is 0.187. The summed E-state index contributed by atoms with van der Waals surface area (Å²) in [5.74, 6) is 4.23. The van der Waals surface area contributed by atoms with Gasteiger partial charge in [0.1, 0.15) is 0 Å². The van der Waals surface area contributed by atoms with Gasteiger partial charge in [0.05, 0.1) is 0 Å². The summed E-state index contributed by atoms with van der Waals surface area (Å²) in [5, 5.41) is 4.08. The van der Waals surface area contributed by atoms with E-state index in [0.29, 0.717) is 0 Å². The summed E-state index contributed by atoms with van der Waals surface area (Å²) in [6.45, 7) is 0. The number of benzene rings is 3. The van der Waals surface area contributed by atoms with Gasteiger partial charge in [0.2, 0.25) is 0 Å². The fraction of sp³-hybridized carbons (Fsp3) is 0.510.